The molecule has 1 aliphatic rings. The average Bonchev–Trinajstić information content (AvgIpc) is 3.03. The van der Waals surface area contributed by atoms with Crippen molar-refractivity contribution in [3.05, 3.63) is 36.3 Å². The number of halogens is 3. The summed E-state index contributed by atoms with van der Waals surface area (Å²) in [7, 11) is 0. The van der Waals surface area contributed by atoms with E-state index in [1.807, 2.05) is 0 Å². The zero-order valence-electron chi connectivity index (χ0n) is 14.2. The first-order chi connectivity index (χ1) is 12.8. The van der Waals surface area contributed by atoms with Gasteiger partial charge in [0.05, 0.1) is 11.9 Å². The van der Waals surface area contributed by atoms with Crippen LogP contribution in [-0.2, 0) is 17.8 Å². The number of carbonyl (C=O) groups excluding carboxylic acids is 2. The van der Waals surface area contributed by atoms with Crippen molar-refractivity contribution in [2.45, 2.75) is 25.6 Å². The number of hydrogen-bond donors (Lipinski definition) is 2. The molecule has 0 radical (unpaired) electrons. The van der Waals surface area contributed by atoms with Crippen molar-refractivity contribution in [2.75, 3.05) is 23.3 Å². The smallest absolute Gasteiger partial charge is 0.338 e. The standard InChI is InChI=1S/C16H17F3N6O2/c17-16(18,19)10-24-8-11(7-22-24)3-1-6-21-15(27)25-9-13(26)23-12-4-2-5-20-14(12)25/h2,4-5,7-8H,1,3,6,9-10H2,(H,21,27)(H,23,26). The van der Waals surface area contributed by atoms with Gasteiger partial charge in [-0.25, -0.2) is 9.78 Å². The largest absolute Gasteiger partial charge is 0.408 e. The number of anilines is 2. The summed E-state index contributed by atoms with van der Waals surface area (Å²) in [5.41, 5.74) is 1.11. The zero-order valence-corrected chi connectivity index (χ0v) is 14.2. The number of nitrogens with one attached hydrogen (secondary N) is 2. The number of aromatic nitrogens is 3. The molecule has 27 heavy (non-hydrogen) atoms. The number of fused-ring (bicyclic) bond motifs is 1. The maximum absolute atomic E-state index is 12.3. The van der Waals surface area contributed by atoms with Crippen LogP contribution in [0, 0.1) is 0 Å². The molecule has 0 unspecified atom stereocenters. The summed E-state index contributed by atoms with van der Waals surface area (Å²) in [6.45, 7) is -0.975. The fourth-order valence-corrected chi connectivity index (χ4v) is 2.67. The summed E-state index contributed by atoms with van der Waals surface area (Å²) in [5.74, 6) is 0.0470. The Kier molecular flexibility index (Phi) is 5.28. The van der Waals surface area contributed by atoms with Crippen molar-refractivity contribution < 1.29 is 22.8 Å². The summed E-state index contributed by atoms with van der Waals surface area (Å²) in [6.07, 6.45) is 0.899. The Morgan fingerprint density at radius 1 is 1.37 bits per heavy atom. The Morgan fingerprint density at radius 3 is 2.96 bits per heavy atom. The fourth-order valence-electron chi connectivity index (χ4n) is 2.67. The van der Waals surface area contributed by atoms with Crippen molar-refractivity contribution in [1.29, 1.82) is 0 Å². The van der Waals surface area contributed by atoms with E-state index in [1.54, 1.807) is 12.1 Å². The summed E-state index contributed by atoms with van der Waals surface area (Å²) in [6, 6.07) is 2.84. The third kappa shape index (κ3) is 4.96. The number of hydrogen-bond acceptors (Lipinski definition) is 4. The summed E-state index contributed by atoms with van der Waals surface area (Å²) >= 11 is 0. The Labute approximate surface area is 152 Å². The molecule has 1 aliphatic heterocycles. The molecule has 2 N–H and O–H groups in total. The minimum absolute atomic E-state index is 0.139. The second kappa shape index (κ2) is 7.64. The molecule has 144 valence electrons. The van der Waals surface area contributed by atoms with Gasteiger partial charge < -0.3 is 10.6 Å². The molecule has 0 saturated heterocycles. The number of pyridine rings is 1. The van der Waals surface area contributed by atoms with E-state index >= 15 is 0 Å². The lowest BCUT2D eigenvalue weighted by molar-refractivity contribution is -0.142. The van der Waals surface area contributed by atoms with Gasteiger partial charge in [0.1, 0.15) is 13.1 Å². The number of rotatable bonds is 5. The van der Waals surface area contributed by atoms with Crippen LogP contribution in [0.3, 0.4) is 0 Å². The lowest BCUT2D eigenvalue weighted by atomic mass is 10.2. The van der Waals surface area contributed by atoms with Crippen molar-refractivity contribution in [2.24, 2.45) is 0 Å². The number of alkyl halides is 3. The molecule has 2 aromatic rings. The lowest BCUT2D eigenvalue weighted by Gasteiger charge is -2.27. The fraction of sp³-hybridized carbons (Fsp3) is 0.375. The van der Waals surface area contributed by atoms with Crippen LogP contribution >= 0.6 is 0 Å². The molecule has 0 fully saturated rings. The minimum Gasteiger partial charge on any atom is -0.338 e. The highest BCUT2D eigenvalue weighted by Crippen LogP contribution is 2.26. The van der Waals surface area contributed by atoms with Gasteiger partial charge in [0.25, 0.3) is 0 Å². The predicted molar refractivity (Wildman–Crippen MR) is 90.2 cm³/mol. The minimum atomic E-state index is -4.32. The molecule has 0 atom stereocenters. The van der Waals surface area contributed by atoms with Crippen LogP contribution in [0.25, 0.3) is 0 Å². The lowest BCUT2D eigenvalue weighted by Crippen LogP contribution is -2.47. The van der Waals surface area contributed by atoms with E-state index in [0.29, 0.717) is 36.5 Å². The molecule has 11 heteroatoms. The third-order valence-corrected chi connectivity index (χ3v) is 3.81. The van der Waals surface area contributed by atoms with E-state index in [2.05, 4.69) is 20.7 Å². The van der Waals surface area contributed by atoms with Crippen molar-refractivity contribution in [3.63, 3.8) is 0 Å². The maximum Gasteiger partial charge on any atom is 0.408 e. The molecular formula is C16H17F3N6O2. The van der Waals surface area contributed by atoms with Gasteiger partial charge in [-0.3, -0.25) is 14.4 Å². The van der Waals surface area contributed by atoms with Gasteiger partial charge in [-0.05, 0) is 30.5 Å². The van der Waals surface area contributed by atoms with E-state index in [0.717, 1.165) is 4.68 Å². The summed E-state index contributed by atoms with van der Waals surface area (Å²) in [4.78, 5) is 29.4. The molecule has 0 saturated carbocycles. The first kappa shape index (κ1) is 18.7. The van der Waals surface area contributed by atoms with Crippen molar-refractivity contribution in [1.82, 2.24) is 20.1 Å². The first-order valence-corrected chi connectivity index (χ1v) is 8.20. The number of carbonyl (C=O) groups is 2. The number of aryl methyl sites for hydroxylation is 1. The van der Waals surface area contributed by atoms with E-state index < -0.39 is 18.8 Å². The van der Waals surface area contributed by atoms with Crippen molar-refractivity contribution in [3.8, 4) is 0 Å². The highest BCUT2D eigenvalue weighted by Gasteiger charge is 2.29. The number of urea groups is 1. The van der Waals surface area contributed by atoms with Crippen LogP contribution in [0.5, 0.6) is 0 Å². The second-order valence-corrected chi connectivity index (χ2v) is 6.01. The molecule has 8 nitrogen and oxygen atoms in total. The van der Waals surface area contributed by atoms with Gasteiger partial charge in [0, 0.05) is 18.9 Å². The van der Waals surface area contributed by atoms with E-state index in [-0.39, 0.29) is 12.5 Å². The Morgan fingerprint density at radius 2 is 2.19 bits per heavy atom. The van der Waals surface area contributed by atoms with Gasteiger partial charge >= 0.3 is 12.2 Å². The molecule has 3 rings (SSSR count). The van der Waals surface area contributed by atoms with Crippen LogP contribution < -0.4 is 15.5 Å². The molecule has 0 spiro atoms. The van der Waals surface area contributed by atoms with E-state index in [1.165, 1.54) is 23.5 Å². The highest BCUT2D eigenvalue weighted by molar-refractivity contribution is 6.08. The van der Waals surface area contributed by atoms with Crippen LogP contribution in [0.1, 0.15) is 12.0 Å². The Balaban J connectivity index is 1.49. The SMILES string of the molecule is O=C1CN(C(=O)NCCCc2cnn(CC(F)(F)F)c2)c2ncccc2N1. The monoisotopic (exact) mass is 382 g/mol. The predicted octanol–water partition coefficient (Wildman–Crippen LogP) is 1.94. The van der Waals surface area contributed by atoms with Gasteiger partial charge in [-0.2, -0.15) is 18.3 Å². The second-order valence-electron chi connectivity index (χ2n) is 6.01. The average molecular weight is 382 g/mol. The van der Waals surface area contributed by atoms with Crippen LogP contribution in [0.15, 0.2) is 30.7 Å². The van der Waals surface area contributed by atoms with Crippen LogP contribution in [-0.4, -0.2) is 46.0 Å². The van der Waals surface area contributed by atoms with Gasteiger partial charge in [-0.15, -0.1) is 0 Å². The molecule has 3 amide bonds. The van der Waals surface area contributed by atoms with E-state index in [9.17, 15) is 22.8 Å². The van der Waals surface area contributed by atoms with Crippen LogP contribution in [0.2, 0.25) is 0 Å². The van der Waals surface area contributed by atoms with Gasteiger partial charge in [0.15, 0.2) is 5.82 Å². The maximum atomic E-state index is 12.3. The number of nitrogens with zero attached hydrogens (tertiary/aromatic N) is 4. The zero-order chi connectivity index (χ0) is 19.4. The normalized spacial score (nSPS) is 13.9. The Bertz CT molecular complexity index is 836. The number of amides is 3. The van der Waals surface area contributed by atoms with Crippen molar-refractivity contribution >= 4 is 23.4 Å². The Hall–Kier alpha value is -3.11. The molecule has 0 bridgehead atoms. The topological polar surface area (TPSA) is 92.2 Å². The molecule has 2 aromatic heterocycles. The first-order valence-electron chi connectivity index (χ1n) is 8.20. The molecule has 3 heterocycles. The highest BCUT2D eigenvalue weighted by atomic mass is 19.4. The van der Waals surface area contributed by atoms with Gasteiger partial charge in [0.2, 0.25) is 5.91 Å². The molecule has 0 aliphatic carbocycles. The summed E-state index contributed by atoms with van der Waals surface area (Å²) in [5, 5.41) is 9.00. The molecule has 0 aromatic carbocycles. The van der Waals surface area contributed by atoms with Gasteiger partial charge in [-0.1, -0.05) is 0 Å². The van der Waals surface area contributed by atoms with Crippen LogP contribution in [0.4, 0.5) is 29.5 Å². The summed E-state index contributed by atoms with van der Waals surface area (Å²) < 4.78 is 37.8. The third-order valence-electron chi connectivity index (χ3n) is 3.81. The quantitative estimate of drug-likeness (QED) is 0.773. The van der Waals surface area contributed by atoms with E-state index in [4.69, 9.17) is 0 Å². The molecular weight excluding hydrogens is 365 g/mol.